The average molecular weight is 829 g/mol. The van der Waals surface area contributed by atoms with E-state index < -0.39 is 58.5 Å². The van der Waals surface area contributed by atoms with Crippen molar-refractivity contribution in [2.75, 3.05) is 10.3 Å². The topological polar surface area (TPSA) is 133 Å². The van der Waals surface area contributed by atoms with E-state index in [4.69, 9.17) is 16.0 Å². The predicted molar refractivity (Wildman–Crippen MR) is 227 cm³/mol. The Morgan fingerprint density at radius 3 is 2.30 bits per heavy atom. The molecule has 0 radical (unpaired) electrons. The predicted octanol–water partition coefficient (Wildman–Crippen LogP) is 9.34. The maximum atomic E-state index is 15.5. The molecule has 2 N–H and O–H groups in total. The Labute approximate surface area is 352 Å². The maximum absolute atomic E-state index is 15.5. The lowest BCUT2D eigenvalue weighted by atomic mass is 9.49. The Balaban J connectivity index is 1.05. The van der Waals surface area contributed by atoms with Gasteiger partial charge in [0.05, 0.1) is 34.5 Å². The molecule has 2 aliphatic heterocycles. The number of halogens is 2. The maximum Gasteiger partial charge on any atom is 0.260 e. The number of imide groups is 2. The van der Waals surface area contributed by atoms with Gasteiger partial charge in [0.15, 0.2) is 5.58 Å². The quantitative estimate of drug-likeness (QED) is 0.125. The van der Waals surface area contributed by atoms with Crippen molar-refractivity contribution in [1.29, 1.82) is 0 Å². The molecule has 4 amide bonds. The zero-order valence-corrected chi connectivity index (χ0v) is 32.9. The lowest BCUT2D eigenvalue weighted by Crippen LogP contribution is -2.53. The number of carbonyl (C=O) groups is 4. The van der Waals surface area contributed by atoms with E-state index in [2.05, 4.69) is 10.4 Å². The van der Waals surface area contributed by atoms with Gasteiger partial charge < -0.3 is 9.52 Å². The minimum Gasteiger partial charge on any atom is -0.507 e. The van der Waals surface area contributed by atoms with Crippen LogP contribution in [0.5, 0.6) is 5.75 Å². The van der Waals surface area contributed by atoms with Crippen molar-refractivity contribution in [3.8, 4) is 17.2 Å². The fourth-order valence-electron chi connectivity index (χ4n) is 10.5. The number of para-hydroxylation sites is 2. The number of nitrogens with one attached hydrogen (secondary N) is 1. The molecule has 2 saturated heterocycles. The SMILES string of the molecule is O=C1[C@@H]2C[C@@H]3C(=CC[C@@H]4C(=O)N(c5ccc(-c6nc7ccccc7o6)cc5)C(=O)[C@@H]43)[C@H](c3ccc4ccccc4c3O)[C@]2(c2ccc(Cl)cc2)C(=O)N1Nc1ccc(F)cc1. The second kappa shape index (κ2) is 13.7. The summed E-state index contributed by atoms with van der Waals surface area (Å²) in [5, 5.41) is 15.0. The van der Waals surface area contributed by atoms with Crippen LogP contribution in [-0.2, 0) is 24.6 Å². The van der Waals surface area contributed by atoms with Crippen LogP contribution in [0.25, 0.3) is 33.3 Å². The molecule has 0 bridgehead atoms. The number of allylic oxidation sites excluding steroid dienone is 2. The average Bonchev–Trinajstić information content (AvgIpc) is 3.89. The van der Waals surface area contributed by atoms with Crippen LogP contribution >= 0.6 is 11.6 Å². The first-order valence-corrected chi connectivity index (χ1v) is 20.4. The van der Waals surface area contributed by atoms with Gasteiger partial charge in [-0.15, -0.1) is 0 Å². The minimum atomic E-state index is -1.64. The Bertz CT molecular complexity index is 2990. The van der Waals surface area contributed by atoms with E-state index in [9.17, 15) is 19.1 Å². The number of hydrogen-bond donors (Lipinski definition) is 2. The van der Waals surface area contributed by atoms with Crippen LogP contribution in [0.3, 0.4) is 0 Å². The van der Waals surface area contributed by atoms with Crippen molar-refractivity contribution in [3.63, 3.8) is 0 Å². The summed E-state index contributed by atoms with van der Waals surface area (Å²) >= 11 is 6.43. The van der Waals surface area contributed by atoms with Gasteiger partial charge in [-0.05, 0) is 103 Å². The summed E-state index contributed by atoms with van der Waals surface area (Å²) in [6.45, 7) is 0. The van der Waals surface area contributed by atoms with Crippen LogP contribution in [0, 0.1) is 29.5 Å². The molecule has 61 heavy (non-hydrogen) atoms. The molecule has 300 valence electrons. The smallest absolute Gasteiger partial charge is 0.260 e. The molecule has 4 aliphatic rings. The fraction of sp³-hybridized carbons (Fsp3) is 0.163. The Morgan fingerprint density at radius 2 is 1.52 bits per heavy atom. The zero-order chi connectivity index (χ0) is 41.7. The summed E-state index contributed by atoms with van der Waals surface area (Å²) in [6, 6.07) is 37.5. The van der Waals surface area contributed by atoms with Gasteiger partial charge in [-0.25, -0.2) is 9.37 Å². The van der Waals surface area contributed by atoms with Gasteiger partial charge in [0.1, 0.15) is 17.1 Å². The van der Waals surface area contributed by atoms with Crippen LogP contribution in [0.1, 0.15) is 29.9 Å². The number of hydrazine groups is 1. The standard InChI is InChI=1S/C49H34ClFN4O6/c50-29-14-12-28(13-15-29)49-38(46(58)55(48(49)60)53-31-18-16-30(51)17-19-31)25-37-34(42(49)36-22-11-26-5-1-2-6-33(26)43(36)56)23-24-35-41(37)47(59)54(45(35)57)32-20-9-27(10-21-32)44-52-39-7-3-4-8-40(39)61-44/h1-23,35,37-38,41-42,53,56H,24-25H2/t35-,37+,38-,41-,42+,49+/m0/s1. The Kier molecular flexibility index (Phi) is 8.30. The Morgan fingerprint density at radius 1 is 0.787 bits per heavy atom. The first-order chi connectivity index (χ1) is 29.6. The van der Waals surface area contributed by atoms with E-state index >= 15 is 9.59 Å². The second-order valence-electron chi connectivity index (χ2n) is 16.1. The summed E-state index contributed by atoms with van der Waals surface area (Å²) in [5.41, 5.74) is 5.63. The van der Waals surface area contributed by atoms with E-state index in [1.54, 1.807) is 60.7 Å². The number of anilines is 2. The zero-order valence-electron chi connectivity index (χ0n) is 32.2. The molecular formula is C49H34ClFN4O6. The monoisotopic (exact) mass is 828 g/mol. The largest absolute Gasteiger partial charge is 0.507 e. The highest BCUT2D eigenvalue weighted by atomic mass is 35.5. The molecule has 7 aromatic rings. The van der Waals surface area contributed by atoms with Crippen molar-refractivity contribution >= 4 is 68.5 Å². The number of nitrogens with zero attached hydrogens (tertiary/aromatic N) is 3. The molecule has 12 heteroatoms. The van der Waals surface area contributed by atoms with Crippen molar-refractivity contribution in [3.05, 3.63) is 167 Å². The first kappa shape index (κ1) is 36.9. The third-order valence-corrected chi connectivity index (χ3v) is 13.4. The highest BCUT2D eigenvalue weighted by Gasteiger charge is 2.70. The molecule has 1 aromatic heterocycles. The van der Waals surface area contributed by atoms with E-state index in [0.29, 0.717) is 61.0 Å². The number of aromatic hydroxyl groups is 1. The number of carbonyl (C=O) groups excluding carboxylic acids is 4. The van der Waals surface area contributed by atoms with Crippen LogP contribution in [0.15, 0.2) is 150 Å². The number of phenolic OH excluding ortho intramolecular Hbond substituents is 1. The van der Waals surface area contributed by atoms with Crippen LogP contribution in [0.4, 0.5) is 15.8 Å². The van der Waals surface area contributed by atoms with Crippen LogP contribution < -0.4 is 10.3 Å². The van der Waals surface area contributed by atoms with Crippen molar-refractivity contribution in [2.45, 2.75) is 24.2 Å². The molecule has 10 nitrogen and oxygen atoms in total. The molecule has 3 heterocycles. The second-order valence-corrected chi connectivity index (χ2v) is 16.6. The summed E-state index contributed by atoms with van der Waals surface area (Å²) in [4.78, 5) is 65.7. The number of oxazole rings is 1. The molecule has 3 fully saturated rings. The summed E-state index contributed by atoms with van der Waals surface area (Å²) in [7, 11) is 0. The van der Waals surface area contributed by atoms with Crippen molar-refractivity contribution in [2.24, 2.45) is 23.7 Å². The van der Waals surface area contributed by atoms with Gasteiger partial charge in [0, 0.05) is 27.5 Å². The van der Waals surface area contributed by atoms with Crippen LogP contribution in [-0.4, -0.2) is 38.7 Å². The van der Waals surface area contributed by atoms with Gasteiger partial charge in [0.2, 0.25) is 17.7 Å². The number of phenols is 1. The third-order valence-electron chi connectivity index (χ3n) is 13.2. The fourth-order valence-corrected chi connectivity index (χ4v) is 10.6. The molecule has 6 atom stereocenters. The number of rotatable bonds is 6. The highest BCUT2D eigenvalue weighted by Crippen LogP contribution is 2.65. The summed E-state index contributed by atoms with van der Waals surface area (Å²) in [6.07, 6.45) is 2.19. The van der Waals surface area contributed by atoms with Gasteiger partial charge in [-0.1, -0.05) is 83.9 Å². The highest BCUT2D eigenvalue weighted by molar-refractivity contribution is 6.30. The number of hydrogen-bond acceptors (Lipinski definition) is 8. The number of amides is 4. The first-order valence-electron chi connectivity index (χ1n) is 20.0. The summed E-state index contributed by atoms with van der Waals surface area (Å²) in [5.74, 6) is -6.33. The molecular weight excluding hydrogens is 795 g/mol. The number of fused-ring (bicyclic) bond motifs is 6. The van der Waals surface area contributed by atoms with E-state index in [0.717, 1.165) is 10.4 Å². The molecule has 6 aromatic carbocycles. The lowest BCUT2D eigenvalue weighted by Gasteiger charge is -2.50. The van der Waals surface area contributed by atoms with Crippen molar-refractivity contribution in [1.82, 2.24) is 9.99 Å². The lowest BCUT2D eigenvalue weighted by molar-refractivity contribution is -0.138. The molecule has 0 spiro atoms. The molecule has 1 saturated carbocycles. The normalized spacial score (nSPS) is 24.6. The molecule has 0 unspecified atom stereocenters. The molecule has 11 rings (SSSR count). The third kappa shape index (κ3) is 5.43. The Hall–Kier alpha value is -7.11. The van der Waals surface area contributed by atoms with Gasteiger partial charge in [-0.2, -0.15) is 5.01 Å². The van der Waals surface area contributed by atoms with Gasteiger partial charge >= 0.3 is 0 Å². The van der Waals surface area contributed by atoms with Gasteiger partial charge in [0.25, 0.3) is 11.8 Å². The van der Waals surface area contributed by atoms with E-state index in [1.807, 2.05) is 54.6 Å². The van der Waals surface area contributed by atoms with E-state index in [1.165, 1.54) is 29.2 Å². The van der Waals surface area contributed by atoms with Crippen LogP contribution in [0.2, 0.25) is 5.02 Å². The summed E-state index contributed by atoms with van der Waals surface area (Å²) < 4.78 is 20.0. The number of aromatic nitrogens is 1. The molecule has 2 aliphatic carbocycles. The van der Waals surface area contributed by atoms with Gasteiger partial charge in [-0.3, -0.25) is 29.5 Å². The van der Waals surface area contributed by atoms with Crippen molar-refractivity contribution < 1.29 is 33.1 Å². The van der Waals surface area contributed by atoms with E-state index in [-0.39, 0.29) is 24.5 Å². The minimum absolute atomic E-state index is 0.0517. The number of benzene rings is 6.